The number of ether oxygens (including phenoxy) is 2. The second-order valence-corrected chi connectivity index (χ2v) is 8.56. The highest BCUT2D eigenvalue weighted by Crippen LogP contribution is 2.26. The zero-order chi connectivity index (χ0) is 24.4. The third-order valence-corrected chi connectivity index (χ3v) is 6.43. The van der Waals surface area contributed by atoms with Gasteiger partial charge in [0.15, 0.2) is 5.65 Å². The normalized spacial score (nSPS) is 13.9. The molecule has 1 aliphatic rings. The Morgan fingerprint density at radius 1 is 0.971 bits per heavy atom. The summed E-state index contributed by atoms with van der Waals surface area (Å²) in [7, 11) is 3.11. The molecule has 2 aromatic heterocycles. The van der Waals surface area contributed by atoms with E-state index < -0.39 is 0 Å². The van der Waals surface area contributed by atoms with Gasteiger partial charge in [0, 0.05) is 56.1 Å². The van der Waals surface area contributed by atoms with Crippen LogP contribution in [0.4, 0.5) is 0 Å². The lowest BCUT2D eigenvalue weighted by Gasteiger charge is -2.35. The number of rotatable bonds is 6. The predicted molar refractivity (Wildman–Crippen MR) is 128 cm³/mol. The molecule has 9 heteroatoms. The molecule has 3 heterocycles. The van der Waals surface area contributed by atoms with E-state index in [9.17, 15) is 9.59 Å². The van der Waals surface area contributed by atoms with Crippen molar-refractivity contribution in [2.75, 3.05) is 40.4 Å². The maximum absolute atomic E-state index is 13.0. The van der Waals surface area contributed by atoms with E-state index in [2.05, 4.69) is 10.1 Å². The van der Waals surface area contributed by atoms with Crippen LogP contribution in [-0.2, 0) is 11.2 Å². The summed E-state index contributed by atoms with van der Waals surface area (Å²) in [5.74, 6) is 1.09. The van der Waals surface area contributed by atoms with Gasteiger partial charge in [0.05, 0.1) is 25.5 Å². The van der Waals surface area contributed by atoms with Crippen LogP contribution in [0.25, 0.3) is 5.65 Å². The molecule has 34 heavy (non-hydrogen) atoms. The first-order chi connectivity index (χ1) is 16.3. The minimum absolute atomic E-state index is 0.0877. The summed E-state index contributed by atoms with van der Waals surface area (Å²) in [6.45, 7) is 7.93. The van der Waals surface area contributed by atoms with Gasteiger partial charge in [-0.15, -0.1) is 0 Å². The van der Waals surface area contributed by atoms with Gasteiger partial charge in [0.25, 0.3) is 5.91 Å². The van der Waals surface area contributed by atoms with Crippen LogP contribution in [0.1, 0.15) is 39.4 Å². The van der Waals surface area contributed by atoms with Gasteiger partial charge in [-0.1, -0.05) is 0 Å². The number of nitrogens with zero attached hydrogens (tertiary/aromatic N) is 5. The molecular weight excluding hydrogens is 434 g/mol. The number of hydrogen-bond donors (Lipinski definition) is 0. The Kier molecular flexibility index (Phi) is 6.72. The lowest BCUT2D eigenvalue weighted by atomic mass is 10.1. The number of carbonyl (C=O) groups is 2. The monoisotopic (exact) mass is 465 g/mol. The third-order valence-electron chi connectivity index (χ3n) is 6.43. The van der Waals surface area contributed by atoms with Gasteiger partial charge in [0.1, 0.15) is 11.5 Å². The van der Waals surface area contributed by atoms with Crippen LogP contribution in [0.3, 0.4) is 0 Å². The van der Waals surface area contributed by atoms with E-state index in [1.165, 1.54) is 7.11 Å². The maximum atomic E-state index is 13.0. The number of fused-ring (bicyclic) bond motifs is 1. The molecule has 0 radical (unpaired) electrons. The number of hydrogen-bond acceptors (Lipinski definition) is 6. The second kappa shape index (κ2) is 9.70. The average molecular weight is 466 g/mol. The Labute approximate surface area is 199 Å². The molecule has 0 unspecified atom stereocenters. The molecule has 9 nitrogen and oxygen atoms in total. The molecule has 0 atom stereocenters. The van der Waals surface area contributed by atoms with E-state index in [4.69, 9.17) is 9.47 Å². The standard InChI is InChI=1S/C25H31N5O4/c1-16-14-23-26-17(2)20(18(3)30(23)27-16)8-9-24(31)28-10-12-29(13-11-28)25(32)21-7-6-19(33-4)15-22(21)34-5/h6-7,14-15H,8-13H2,1-5H3. The fourth-order valence-corrected chi connectivity index (χ4v) is 4.50. The molecule has 2 amide bonds. The molecule has 0 bridgehead atoms. The van der Waals surface area contributed by atoms with Gasteiger partial charge in [-0.3, -0.25) is 9.59 Å². The second-order valence-electron chi connectivity index (χ2n) is 8.56. The number of piperazine rings is 1. The smallest absolute Gasteiger partial charge is 0.257 e. The van der Waals surface area contributed by atoms with Crippen molar-refractivity contribution in [1.29, 1.82) is 0 Å². The van der Waals surface area contributed by atoms with Crippen LogP contribution in [0.2, 0.25) is 0 Å². The zero-order valence-corrected chi connectivity index (χ0v) is 20.4. The molecule has 0 N–H and O–H groups in total. The Bertz CT molecular complexity index is 1230. The van der Waals surface area contributed by atoms with Crippen molar-refractivity contribution in [2.24, 2.45) is 0 Å². The molecule has 180 valence electrons. The van der Waals surface area contributed by atoms with E-state index in [-0.39, 0.29) is 11.8 Å². The van der Waals surface area contributed by atoms with Crippen LogP contribution in [0, 0.1) is 20.8 Å². The fraction of sp³-hybridized carbons (Fsp3) is 0.440. The SMILES string of the molecule is COc1ccc(C(=O)N2CCN(C(=O)CCc3c(C)nc4cc(C)nn4c3C)CC2)c(OC)c1. The zero-order valence-electron chi connectivity index (χ0n) is 20.4. The molecule has 1 aromatic carbocycles. The Balaban J connectivity index is 1.36. The molecule has 0 saturated carbocycles. The molecule has 1 fully saturated rings. The number of aromatic nitrogens is 3. The van der Waals surface area contributed by atoms with Gasteiger partial charge in [-0.2, -0.15) is 5.10 Å². The first-order valence-corrected chi connectivity index (χ1v) is 11.4. The van der Waals surface area contributed by atoms with E-state index in [0.29, 0.717) is 56.1 Å². The Hall–Kier alpha value is -3.62. The minimum atomic E-state index is -0.105. The number of methoxy groups -OCH3 is 2. The van der Waals surface area contributed by atoms with Crippen LogP contribution >= 0.6 is 0 Å². The quantitative estimate of drug-likeness (QED) is 0.556. The number of amides is 2. The highest BCUT2D eigenvalue weighted by atomic mass is 16.5. The van der Waals surface area contributed by atoms with Gasteiger partial charge >= 0.3 is 0 Å². The summed E-state index contributed by atoms with van der Waals surface area (Å²) in [6, 6.07) is 7.12. The Morgan fingerprint density at radius 3 is 2.35 bits per heavy atom. The summed E-state index contributed by atoms with van der Waals surface area (Å²) in [5, 5.41) is 4.51. The van der Waals surface area contributed by atoms with Gasteiger partial charge in [-0.25, -0.2) is 9.50 Å². The summed E-state index contributed by atoms with van der Waals surface area (Å²) in [6.07, 6.45) is 1.01. The molecular formula is C25H31N5O4. The molecule has 3 aromatic rings. The van der Waals surface area contributed by atoms with Crippen molar-refractivity contribution in [3.8, 4) is 11.5 Å². The van der Waals surface area contributed by atoms with Gasteiger partial charge in [-0.05, 0) is 44.9 Å². The average Bonchev–Trinajstić information content (AvgIpc) is 3.23. The van der Waals surface area contributed by atoms with Gasteiger partial charge < -0.3 is 19.3 Å². The van der Waals surface area contributed by atoms with Crippen LogP contribution in [0.15, 0.2) is 24.3 Å². The largest absolute Gasteiger partial charge is 0.497 e. The predicted octanol–water partition coefficient (Wildman–Crippen LogP) is 2.59. The van der Waals surface area contributed by atoms with E-state index in [1.54, 1.807) is 30.2 Å². The van der Waals surface area contributed by atoms with Crippen molar-refractivity contribution in [1.82, 2.24) is 24.4 Å². The van der Waals surface area contributed by atoms with E-state index in [1.807, 2.05) is 36.3 Å². The van der Waals surface area contributed by atoms with Crippen LogP contribution in [-0.4, -0.2) is 76.6 Å². The molecule has 0 aliphatic carbocycles. The fourth-order valence-electron chi connectivity index (χ4n) is 4.50. The molecule has 4 rings (SSSR count). The highest BCUT2D eigenvalue weighted by Gasteiger charge is 2.27. The highest BCUT2D eigenvalue weighted by molar-refractivity contribution is 5.97. The van der Waals surface area contributed by atoms with E-state index >= 15 is 0 Å². The topological polar surface area (TPSA) is 89.3 Å². The van der Waals surface area contributed by atoms with E-state index in [0.717, 1.165) is 28.3 Å². The first-order valence-electron chi connectivity index (χ1n) is 11.4. The first kappa shape index (κ1) is 23.5. The summed E-state index contributed by atoms with van der Waals surface area (Å²) < 4.78 is 12.4. The van der Waals surface area contributed by atoms with Crippen molar-refractivity contribution in [2.45, 2.75) is 33.6 Å². The summed E-state index contributed by atoms with van der Waals surface area (Å²) in [4.78, 5) is 34.2. The van der Waals surface area contributed by atoms with Crippen molar-refractivity contribution in [3.63, 3.8) is 0 Å². The lowest BCUT2D eigenvalue weighted by Crippen LogP contribution is -2.50. The van der Waals surface area contributed by atoms with Gasteiger partial charge in [0.2, 0.25) is 5.91 Å². The molecule has 1 saturated heterocycles. The number of carbonyl (C=O) groups excluding carboxylic acids is 2. The van der Waals surface area contributed by atoms with Crippen LogP contribution < -0.4 is 9.47 Å². The maximum Gasteiger partial charge on any atom is 0.257 e. The third kappa shape index (κ3) is 4.55. The van der Waals surface area contributed by atoms with Crippen LogP contribution in [0.5, 0.6) is 11.5 Å². The van der Waals surface area contributed by atoms with Crippen molar-refractivity contribution in [3.05, 3.63) is 52.5 Å². The summed E-state index contributed by atoms with van der Waals surface area (Å²) in [5.41, 5.74) is 5.25. The minimum Gasteiger partial charge on any atom is -0.497 e. The van der Waals surface area contributed by atoms with Crippen molar-refractivity contribution < 1.29 is 19.1 Å². The lowest BCUT2D eigenvalue weighted by molar-refractivity contribution is -0.132. The molecule has 0 spiro atoms. The molecule has 1 aliphatic heterocycles. The van der Waals surface area contributed by atoms with Crippen molar-refractivity contribution >= 4 is 17.5 Å². The Morgan fingerprint density at radius 2 is 1.68 bits per heavy atom. The number of benzene rings is 1. The summed E-state index contributed by atoms with van der Waals surface area (Å²) >= 11 is 0. The number of aryl methyl sites for hydroxylation is 3.